The van der Waals surface area contributed by atoms with E-state index < -0.39 is 0 Å². The lowest BCUT2D eigenvalue weighted by molar-refractivity contribution is 0.668. The molecular formula is C54H32N2O2. The first-order valence-electron chi connectivity index (χ1n) is 19.7. The van der Waals surface area contributed by atoms with Gasteiger partial charge in [0.05, 0.1) is 22.1 Å². The Balaban J connectivity index is 0.998. The standard InChI is InChI=1S/C54H32N2O2/c1-5-19-47-39(15-1)43-31-50-44(32-49(43)55(47)37-13-9-11-33(27-37)35-23-25-53-45(29-35)41-17-3-7-21-51(41)57-53)40-16-2-6-20-48(40)56(50)38-14-10-12-34(28-38)36-24-26-54-46(30-36)42-18-4-8-22-52(42)58-54/h1-32H. The van der Waals surface area contributed by atoms with Crippen molar-refractivity contribution in [2.75, 3.05) is 0 Å². The molecular weight excluding hydrogens is 709 g/mol. The van der Waals surface area contributed by atoms with Gasteiger partial charge in [-0.1, -0.05) is 109 Å². The summed E-state index contributed by atoms with van der Waals surface area (Å²) in [6.07, 6.45) is 0. The van der Waals surface area contributed by atoms with Crippen LogP contribution in [-0.4, -0.2) is 9.13 Å². The lowest BCUT2D eigenvalue weighted by Crippen LogP contribution is -1.95. The number of furan rings is 2. The molecule has 13 aromatic rings. The third kappa shape index (κ3) is 4.51. The minimum atomic E-state index is 0.905. The van der Waals surface area contributed by atoms with E-state index in [0.717, 1.165) is 77.5 Å². The van der Waals surface area contributed by atoms with Gasteiger partial charge in [0.2, 0.25) is 0 Å². The van der Waals surface area contributed by atoms with E-state index in [4.69, 9.17) is 8.83 Å². The normalized spacial score (nSPS) is 12.1. The Morgan fingerprint density at radius 3 is 1.12 bits per heavy atom. The van der Waals surface area contributed by atoms with E-state index in [1.54, 1.807) is 0 Å². The number of hydrogen-bond donors (Lipinski definition) is 0. The smallest absolute Gasteiger partial charge is 0.135 e. The zero-order valence-electron chi connectivity index (χ0n) is 31.2. The average Bonchev–Trinajstić information content (AvgIpc) is 4.03. The van der Waals surface area contributed by atoms with E-state index in [9.17, 15) is 0 Å². The molecule has 0 saturated heterocycles. The van der Waals surface area contributed by atoms with Crippen LogP contribution in [0.15, 0.2) is 203 Å². The summed E-state index contributed by atoms with van der Waals surface area (Å²) in [5.41, 5.74) is 15.2. The first-order chi connectivity index (χ1) is 28.7. The Morgan fingerprint density at radius 2 is 0.638 bits per heavy atom. The molecule has 0 fully saturated rings. The number of benzene rings is 9. The van der Waals surface area contributed by atoms with Gasteiger partial charge in [0.1, 0.15) is 22.3 Å². The van der Waals surface area contributed by atoms with E-state index in [1.165, 1.54) is 43.6 Å². The molecule has 0 amide bonds. The first kappa shape index (κ1) is 31.4. The fourth-order valence-electron chi connectivity index (χ4n) is 9.45. The highest BCUT2D eigenvalue weighted by atomic mass is 16.3. The minimum Gasteiger partial charge on any atom is -0.456 e. The molecule has 4 heteroatoms. The van der Waals surface area contributed by atoms with E-state index in [1.807, 2.05) is 24.3 Å². The Kier molecular flexibility index (Phi) is 6.41. The molecule has 0 aliphatic heterocycles. The second kappa shape index (κ2) is 11.8. The van der Waals surface area contributed by atoms with Crippen molar-refractivity contribution in [3.8, 4) is 33.6 Å². The summed E-state index contributed by atoms with van der Waals surface area (Å²) in [5, 5.41) is 9.42. The third-order valence-electron chi connectivity index (χ3n) is 12.1. The first-order valence-corrected chi connectivity index (χ1v) is 19.7. The van der Waals surface area contributed by atoms with E-state index >= 15 is 0 Å². The molecule has 0 spiro atoms. The van der Waals surface area contributed by atoms with Crippen LogP contribution in [0, 0.1) is 0 Å². The predicted molar refractivity (Wildman–Crippen MR) is 241 cm³/mol. The number of hydrogen-bond acceptors (Lipinski definition) is 2. The molecule has 4 heterocycles. The van der Waals surface area contributed by atoms with Gasteiger partial charge in [-0.15, -0.1) is 0 Å². The average molecular weight is 741 g/mol. The molecule has 4 aromatic heterocycles. The largest absolute Gasteiger partial charge is 0.456 e. The number of fused-ring (bicyclic) bond motifs is 12. The molecule has 0 bridgehead atoms. The zero-order chi connectivity index (χ0) is 37.9. The molecule has 0 radical (unpaired) electrons. The molecule has 0 N–H and O–H groups in total. The molecule has 58 heavy (non-hydrogen) atoms. The topological polar surface area (TPSA) is 36.1 Å². The van der Waals surface area contributed by atoms with E-state index in [0.29, 0.717) is 0 Å². The monoisotopic (exact) mass is 740 g/mol. The van der Waals surface area contributed by atoms with Crippen LogP contribution in [0.4, 0.5) is 0 Å². The molecule has 0 aliphatic rings. The molecule has 0 saturated carbocycles. The molecule has 0 unspecified atom stereocenters. The maximum atomic E-state index is 6.16. The van der Waals surface area contributed by atoms with Gasteiger partial charge in [0.15, 0.2) is 0 Å². The Hall–Kier alpha value is -7.82. The molecule has 4 nitrogen and oxygen atoms in total. The van der Waals surface area contributed by atoms with Crippen LogP contribution in [0.25, 0.3) is 121 Å². The van der Waals surface area contributed by atoms with Crippen LogP contribution in [0.1, 0.15) is 0 Å². The summed E-state index contributed by atoms with van der Waals surface area (Å²) in [7, 11) is 0. The number of aromatic nitrogens is 2. The highest BCUT2D eigenvalue weighted by Crippen LogP contribution is 2.41. The summed E-state index contributed by atoms with van der Waals surface area (Å²) in [5.74, 6) is 0. The number of para-hydroxylation sites is 4. The van der Waals surface area contributed by atoms with Crippen molar-refractivity contribution >= 4 is 87.5 Å². The number of nitrogens with zero attached hydrogens (tertiary/aromatic N) is 2. The maximum absolute atomic E-state index is 6.16. The highest BCUT2D eigenvalue weighted by molar-refractivity contribution is 6.19. The number of rotatable bonds is 4. The van der Waals surface area contributed by atoms with Crippen molar-refractivity contribution in [3.63, 3.8) is 0 Å². The fraction of sp³-hybridized carbons (Fsp3) is 0. The van der Waals surface area contributed by atoms with Gasteiger partial charge in [-0.25, -0.2) is 0 Å². The van der Waals surface area contributed by atoms with Crippen LogP contribution < -0.4 is 0 Å². The minimum absolute atomic E-state index is 0.905. The predicted octanol–water partition coefficient (Wildman–Crippen LogP) is 15.0. The van der Waals surface area contributed by atoms with Crippen molar-refractivity contribution in [1.82, 2.24) is 9.13 Å². The van der Waals surface area contributed by atoms with Crippen molar-refractivity contribution in [2.45, 2.75) is 0 Å². The fourth-order valence-corrected chi connectivity index (χ4v) is 9.45. The summed E-state index contributed by atoms with van der Waals surface area (Å²) >= 11 is 0. The lowest BCUT2D eigenvalue weighted by atomic mass is 10.0. The second-order valence-electron chi connectivity index (χ2n) is 15.3. The molecule has 9 aromatic carbocycles. The summed E-state index contributed by atoms with van der Waals surface area (Å²) < 4.78 is 17.2. The molecule has 270 valence electrons. The van der Waals surface area contributed by atoms with Gasteiger partial charge in [-0.3, -0.25) is 0 Å². The van der Waals surface area contributed by atoms with Crippen molar-refractivity contribution < 1.29 is 8.83 Å². The van der Waals surface area contributed by atoms with Crippen molar-refractivity contribution in [2.24, 2.45) is 0 Å². The van der Waals surface area contributed by atoms with Crippen LogP contribution in [0.5, 0.6) is 0 Å². The van der Waals surface area contributed by atoms with Gasteiger partial charge in [0, 0.05) is 54.5 Å². The van der Waals surface area contributed by atoms with Crippen molar-refractivity contribution in [3.05, 3.63) is 194 Å². The van der Waals surface area contributed by atoms with Crippen LogP contribution >= 0.6 is 0 Å². The van der Waals surface area contributed by atoms with Crippen LogP contribution in [0.2, 0.25) is 0 Å². The molecule has 13 rings (SSSR count). The summed E-state index contributed by atoms with van der Waals surface area (Å²) in [4.78, 5) is 0. The van der Waals surface area contributed by atoms with Crippen LogP contribution in [0.3, 0.4) is 0 Å². The quantitative estimate of drug-likeness (QED) is 0.180. The van der Waals surface area contributed by atoms with Gasteiger partial charge in [0.25, 0.3) is 0 Å². The van der Waals surface area contributed by atoms with Gasteiger partial charge < -0.3 is 18.0 Å². The lowest BCUT2D eigenvalue weighted by Gasteiger charge is -2.12. The highest BCUT2D eigenvalue weighted by Gasteiger charge is 2.19. The van der Waals surface area contributed by atoms with Gasteiger partial charge in [-0.05, 0) is 107 Å². The Bertz CT molecular complexity index is 3560. The Labute approximate surface area is 332 Å². The summed E-state index contributed by atoms with van der Waals surface area (Å²) in [6, 6.07) is 69.8. The van der Waals surface area contributed by atoms with E-state index in [2.05, 4.69) is 179 Å². The van der Waals surface area contributed by atoms with Gasteiger partial charge >= 0.3 is 0 Å². The van der Waals surface area contributed by atoms with Gasteiger partial charge in [-0.2, -0.15) is 0 Å². The second-order valence-corrected chi connectivity index (χ2v) is 15.3. The SMILES string of the molecule is c1cc(-c2ccc3oc4ccccc4c3c2)cc(-n2c3ccccc3c3cc4c(cc32)c2ccccc2n4-c2cccc(-c3ccc4oc5ccccc5c4c3)c2)c1. The zero-order valence-corrected chi connectivity index (χ0v) is 31.2. The van der Waals surface area contributed by atoms with E-state index in [-0.39, 0.29) is 0 Å². The third-order valence-corrected chi connectivity index (χ3v) is 12.1. The molecule has 0 aliphatic carbocycles. The Morgan fingerprint density at radius 1 is 0.241 bits per heavy atom. The maximum Gasteiger partial charge on any atom is 0.135 e. The van der Waals surface area contributed by atoms with Crippen LogP contribution in [-0.2, 0) is 0 Å². The summed E-state index contributed by atoms with van der Waals surface area (Å²) in [6.45, 7) is 0. The van der Waals surface area contributed by atoms with Crippen molar-refractivity contribution in [1.29, 1.82) is 0 Å². The molecule has 0 atom stereocenters.